The highest BCUT2D eigenvalue weighted by atomic mass is 14.4. The molecule has 166 valence electrons. The first-order valence-electron chi connectivity index (χ1n) is 13.2. The minimum atomic E-state index is 0.382. The summed E-state index contributed by atoms with van der Waals surface area (Å²) in [4.78, 5) is 0. The van der Waals surface area contributed by atoms with E-state index < -0.39 is 0 Å². The predicted octanol–water partition coefficient (Wildman–Crippen LogP) is 9.24. The van der Waals surface area contributed by atoms with E-state index in [1.54, 1.807) is 0 Å². The zero-order valence-electron chi connectivity index (χ0n) is 19.7. The Kier molecular flexibility index (Phi) is 9.29. The van der Waals surface area contributed by atoms with E-state index in [-0.39, 0.29) is 0 Å². The molecule has 0 spiro atoms. The van der Waals surface area contributed by atoms with Crippen LogP contribution < -0.4 is 0 Å². The Labute approximate surface area is 186 Å². The second kappa shape index (κ2) is 11.9. The molecule has 2 saturated carbocycles. The lowest BCUT2D eigenvalue weighted by Gasteiger charge is -2.40. The Hall–Kier alpha value is -1.29. The molecule has 0 aliphatic heterocycles. The third kappa shape index (κ3) is 6.35. The molecule has 30 heavy (non-hydrogen) atoms. The van der Waals surface area contributed by atoms with Gasteiger partial charge in [0.25, 0.3) is 0 Å². The normalized spacial score (nSPS) is 20.5. The van der Waals surface area contributed by atoms with E-state index in [2.05, 4.69) is 25.1 Å². The van der Waals surface area contributed by atoms with Gasteiger partial charge in [-0.3, -0.25) is 0 Å². The first-order chi connectivity index (χ1) is 14.7. The highest BCUT2D eigenvalue weighted by molar-refractivity contribution is 5.35. The van der Waals surface area contributed by atoms with E-state index in [1.807, 2.05) is 12.1 Å². The molecule has 1 aromatic carbocycles. The molecule has 1 nitrogen and oxygen atoms in total. The Morgan fingerprint density at radius 3 is 1.87 bits per heavy atom. The lowest BCUT2D eigenvalue weighted by molar-refractivity contribution is 0.144. The van der Waals surface area contributed by atoms with Crippen LogP contribution in [0, 0.1) is 16.7 Å². The standard InChI is InChI=1S/C29H45N/c1-2-3-4-7-18-28(19-8-5-9-20-28)21-12-13-24-29(22-10-6-11-23-29)27-16-14-26(25-30)15-17-27/h14-17H,2-13,18-24H2,1H3. The Morgan fingerprint density at radius 1 is 0.700 bits per heavy atom. The summed E-state index contributed by atoms with van der Waals surface area (Å²) in [6.45, 7) is 2.32. The van der Waals surface area contributed by atoms with E-state index in [9.17, 15) is 0 Å². The largest absolute Gasteiger partial charge is 0.192 e. The van der Waals surface area contributed by atoms with E-state index in [0.717, 1.165) is 5.56 Å². The summed E-state index contributed by atoms with van der Waals surface area (Å²) in [7, 11) is 0. The van der Waals surface area contributed by atoms with Crippen LogP contribution in [0.25, 0.3) is 0 Å². The van der Waals surface area contributed by atoms with Crippen LogP contribution in [0.2, 0.25) is 0 Å². The molecule has 2 aliphatic rings. The molecule has 0 bridgehead atoms. The first-order valence-corrected chi connectivity index (χ1v) is 13.2. The minimum Gasteiger partial charge on any atom is -0.192 e. The zero-order chi connectivity index (χ0) is 21.1. The molecule has 0 radical (unpaired) electrons. The number of benzene rings is 1. The van der Waals surface area contributed by atoms with Crippen molar-refractivity contribution in [3.63, 3.8) is 0 Å². The van der Waals surface area contributed by atoms with Crippen LogP contribution in [-0.4, -0.2) is 0 Å². The Morgan fingerprint density at radius 2 is 1.27 bits per heavy atom. The molecule has 1 aromatic rings. The average Bonchev–Trinajstić information content (AvgIpc) is 2.81. The van der Waals surface area contributed by atoms with Crippen molar-refractivity contribution in [3.05, 3.63) is 35.4 Å². The fourth-order valence-electron chi connectivity index (χ4n) is 6.63. The van der Waals surface area contributed by atoms with Crippen molar-refractivity contribution in [2.75, 3.05) is 0 Å². The Balaban J connectivity index is 1.56. The summed E-state index contributed by atoms with van der Waals surface area (Å²) in [6, 6.07) is 10.9. The summed E-state index contributed by atoms with van der Waals surface area (Å²) >= 11 is 0. The highest BCUT2D eigenvalue weighted by Crippen LogP contribution is 2.47. The van der Waals surface area contributed by atoms with Gasteiger partial charge in [0, 0.05) is 0 Å². The highest BCUT2D eigenvalue weighted by Gasteiger charge is 2.34. The lowest BCUT2D eigenvalue weighted by Crippen LogP contribution is -2.29. The van der Waals surface area contributed by atoms with Gasteiger partial charge in [0.2, 0.25) is 0 Å². The number of hydrogen-bond acceptors (Lipinski definition) is 1. The molecule has 0 saturated heterocycles. The van der Waals surface area contributed by atoms with Crippen molar-refractivity contribution >= 4 is 0 Å². The summed E-state index contributed by atoms with van der Waals surface area (Å²) in [6.07, 6.45) is 27.1. The maximum Gasteiger partial charge on any atom is 0.0991 e. The molecular formula is C29H45N. The van der Waals surface area contributed by atoms with Crippen LogP contribution in [0.1, 0.15) is 140 Å². The van der Waals surface area contributed by atoms with E-state index in [1.165, 1.54) is 128 Å². The van der Waals surface area contributed by atoms with Crippen LogP contribution in [0.4, 0.5) is 0 Å². The van der Waals surface area contributed by atoms with Crippen molar-refractivity contribution in [1.82, 2.24) is 0 Å². The van der Waals surface area contributed by atoms with Gasteiger partial charge in [0.05, 0.1) is 11.6 Å². The number of nitriles is 1. The van der Waals surface area contributed by atoms with Crippen molar-refractivity contribution in [2.24, 2.45) is 5.41 Å². The number of hydrogen-bond donors (Lipinski definition) is 0. The van der Waals surface area contributed by atoms with Gasteiger partial charge in [-0.1, -0.05) is 96.1 Å². The smallest absolute Gasteiger partial charge is 0.0991 e. The first kappa shape index (κ1) is 23.4. The molecule has 0 unspecified atom stereocenters. The maximum absolute atomic E-state index is 9.17. The Bertz CT molecular complexity index is 638. The van der Waals surface area contributed by atoms with Gasteiger partial charge in [-0.2, -0.15) is 5.26 Å². The molecule has 2 aliphatic carbocycles. The van der Waals surface area contributed by atoms with Gasteiger partial charge >= 0.3 is 0 Å². The number of unbranched alkanes of at least 4 members (excludes halogenated alkanes) is 4. The van der Waals surface area contributed by atoms with Gasteiger partial charge in [-0.25, -0.2) is 0 Å². The van der Waals surface area contributed by atoms with Crippen LogP contribution >= 0.6 is 0 Å². The van der Waals surface area contributed by atoms with E-state index >= 15 is 0 Å². The molecular weight excluding hydrogens is 362 g/mol. The van der Waals surface area contributed by atoms with Crippen molar-refractivity contribution in [2.45, 2.75) is 134 Å². The monoisotopic (exact) mass is 407 g/mol. The van der Waals surface area contributed by atoms with Crippen LogP contribution in [0.15, 0.2) is 24.3 Å². The van der Waals surface area contributed by atoms with Crippen molar-refractivity contribution in [1.29, 1.82) is 5.26 Å². The molecule has 0 aromatic heterocycles. The minimum absolute atomic E-state index is 0.382. The van der Waals surface area contributed by atoms with Crippen LogP contribution in [-0.2, 0) is 5.41 Å². The number of nitrogens with zero attached hydrogens (tertiary/aromatic N) is 1. The van der Waals surface area contributed by atoms with Crippen molar-refractivity contribution in [3.8, 4) is 6.07 Å². The maximum atomic E-state index is 9.17. The molecule has 0 amide bonds. The van der Waals surface area contributed by atoms with Crippen LogP contribution in [0.3, 0.4) is 0 Å². The summed E-state index contributed by atoms with van der Waals surface area (Å²) < 4.78 is 0. The summed E-state index contributed by atoms with van der Waals surface area (Å²) in [5.74, 6) is 0. The molecule has 1 heteroatoms. The summed E-state index contributed by atoms with van der Waals surface area (Å²) in [5, 5.41) is 9.17. The SMILES string of the molecule is CCCCCCC1(CCCCC2(c3ccc(C#N)cc3)CCCCC2)CCCCC1. The van der Waals surface area contributed by atoms with E-state index in [4.69, 9.17) is 5.26 Å². The molecule has 2 fully saturated rings. The lowest BCUT2D eigenvalue weighted by atomic mass is 9.65. The van der Waals surface area contributed by atoms with Gasteiger partial charge in [0.1, 0.15) is 0 Å². The third-order valence-electron chi connectivity index (χ3n) is 8.52. The van der Waals surface area contributed by atoms with Gasteiger partial charge in [0.15, 0.2) is 0 Å². The zero-order valence-corrected chi connectivity index (χ0v) is 19.7. The molecule has 0 atom stereocenters. The summed E-state index contributed by atoms with van der Waals surface area (Å²) in [5.41, 5.74) is 3.37. The van der Waals surface area contributed by atoms with Crippen LogP contribution in [0.5, 0.6) is 0 Å². The quantitative estimate of drug-likeness (QED) is 0.335. The number of rotatable bonds is 11. The molecule has 0 N–H and O–H groups in total. The second-order valence-corrected chi connectivity index (χ2v) is 10.6. The topological polar surface area (TPSA) is 23.8 Å². The third-order valence-corrected chi connectivity index (χ3v) is 8.52. The van der Waals surface area contributed by atoms with E-state index in [0.29, 0.717) is 10.8 Å². The predicted molar refractivity (Wildman–Crippen MR) is 129 cm³/mol. The fourth-order valence-corrected chi connectivity index (χ4v) is 6.63. The van der Waals surface area contributed by atoms with Crippen molar-refractivity contribution < 1.29 is 0 Å². The molecule has 3 rings (SSSR count). The fraction of sp³-hybridized carbons (Fsp3) is 0.759. The van der Waals surface area contributed by atoms with Gasteiger partial charge in [-0.15, -0.1) is 0 Å². The average molecular weight is 408 g/mol. The van der Waals surface area contributed by atoms with Gasteiger partial charge < -0.3 is 0 Å². The second-order valence-electron chi connectivity index (χ2n) is 10.6. The molecule has 0 heterocycles. The van der Waals surface area contributed by atoms with Gasteiger partial charge in [-0.05, 0) is 73.5 Å².